The third-order valence-corrected chi connectivity index (χ3v) is 6.48. The van der Waals surface area contributed by atoms with Gasteiger partial charge in [-0.1, -0.05) is 0 Å². The highest BCUT2D eigenvalue weighted by molar-refractivity contribution is 5.30. The van der Waals surface area contributed by atoms with Gasteiger partial charge in [0.15, 0.2) is 0 Å². The molecule has 0 spiro atoms. The molecule has 0 N–H and O–H groups in total. The molecule has 0 aromatic heterocycles. The van der Waals surface area contributed by atoms with Gasteiger partial charge in [-0.3, -0.25) is 4.90 Å². The van der Waals surface area contributed by atoms with Gasteiger partial charge in [-0.05, 0) is 81.5 Å². The fraction of sp³-hybridized carbons (Fsp3) is 0.684. The smallest absolute Gasteiger partial charge is 0.127 e. The van der Waals surface area contributed by atoms with Crippen LogP contribution in [0.2, 0.25) is 0 Å². The molecule has 4 aliphatic carbocycles. The first-order chi connectivity index (χ1) is 10.6. The zero-order valence-corrected chi connectivity index (χ0v) is 13.6. The van der Waals surface area contributed by atoms with Gasteiger partial charge in [0.1, 0.15) is 11.6 Å². The standard InChI is InChI=1S/C19H26FNO/c1-21(12-16-8-17(22-2)3-4-18(16)20)19-9-13-5-14(10-19)7-15(6-13)11-19/h3-4,8,13-15H,5-7,9-12H2,1-2H3. The molecule has 0 radical (unpaired) electrons. The maximum atomic E-state index is 14.2. The van der Waals surface area contributed by atoms with E-state index in [1.807, 2.05) is 6.07 Å². The first kappa shape index (κ1) is 14.5. The van der Waals surface area contributed by atoms with Crippen LogP contribution in [0.25, 0.3) is 0 Å². The van der Waals surface area contributed by atoms with Crippen LogP contribution in [-0.4, -0.2) is 24.6 Å². The summed E-state index contributed by atoms with van der Waals surface area (Å²) in [6, 6.07) is 5.08. The van der Waals surface area contributed by atoms with Crippen LogP contribution in [0.15, 0.2) is 18.2 Å². The van der Waals surface area contributed by atoms with Crippen LogP contribution < -0.4 is 4.74 Å². The van der Waals surface area contributed by atoms with Crippen molar-refractivity contribution in [1.82, 2.24) is 4.90 Å². The van der Waals surface area contributed by atoms with E-state index in [1.165, 1.54) is 44.6 Å². The van der Waals surface area contributed by atoms with Gasteiger partial charge in [0.05, 0.1) is 7.11 Å². The van der Waals surface area contributed by atoms with Gasteiger partial charge in [-0.2, -0.15) is 0 Å². The number of nitrogens with zero attached hydrogens (tertiary/aromatic N) is 1. The fourth-order valence-electron chi connectivity index (χ4n) is 5.75. The van der Waals surface area contributed by atoms with Crippen LogP contribution >= 0.6 is 0 Å². The van der Waals surface area contributed by atoms with Crippen molar-refractivity contribution in [3.63, 3.8) is 0 Å². The summed E-state index contributed by atoms with van der Waals surface area (Å²) < 4.78 is 19.4. The second kappa shape index (κ2) is 5.23. The average Bonchev–Trinajstić information content (AvgIpc) is 2.48. The molecule has 0 atom stereocenters. The van der Waals surface area contributed by atoms with E-state index in [9.17, 15) is 4.39 Å². The summed E-state index contributed by atoms with van der Waals surface area (Å²) >= 11 is 0. The van der Waals surface area contributed by atoms with E-state index in [1.54, 1.807) is 13.2 Å². The average molecular weight is 303 g/mol. The molecule has 22 heavy (non-hydrogen) atoms. The Balaban J connectivity index is 1.56. The Labute approximate surface area is 132 Å². The molecule has 0 amide bonds. The Morgan fingerprint density at radius 1 is 1.14 bits per heavy atom. The van der Waals surface area contributed by atoms with Crippen molar-refractivity contribution in [3.05, 3.63) is 29.6 Å². The van der Waals surface area contributed by atoms with Gasteiger partial charge in [-0.25, -0.2) is 4.39 Å². The third kappa shape index (κ3) is 2.34. The van der Waals surface area contributed by atoms with Crippen molar-refractivity contribution in [2.75, 3.05) is 14.2 Å². The van der Waals surface area contributed by atoms with Crippen molar-refractivity contribution in [2.24, 2.45) is 17.8 Å². The zero-order valence-electron chi connectivity index (χ0n) is 13.6. The summed E-state index contributed by atoms with van der Waals surface area (Å²) in [6.07, 6.45) is 8.30. The highest BCUT2D eigenvalue weighted by Gasteiger charge is 2.52. The van der Waals surface area contributed by atoms with Gasteiger partial charge >= 0.3 is 0 Å². The van der Waals surface area contributed by atoms with E-state index >= 15 is 0 Å². The van der Waals surface area contributed by atoms with Gasteiger partial charge in [0.25, 0.3) is 0 Å². The molecular formula is C19H26FNO. The molecule has 0 aliphatic heterocycles. The first-order valence-electron chi connectivity index (χ1n) is 8.61. The van der Waals surface area contributed by atoms with E-state index in [-0.39, 0.29) is 5.82 Å². The summed E-state index contributed by atoms with van der Waals surface area (Å²) in [5.41, 5.74) is 1.09. The minimum Gasteiger partial charge on any atom is -0.497 e. The molecule has 0 saturated heterocycles. The number of hydrogen-bond acceptors (Lipinski definition) is 2. The van der Waals surface area contributed by atoms with E-state index in [2.05, 4.69) is 11.9 Å². The van der Waals surface area contributed by atoms with Crippen LogP contribution in [0.4, 0.5) is 4.39 Å². The second-order valence-corrected chi connectivity index (χ2v) is 7.96. The third-order valence-electron chi connectivity index (χ3n) is 6.48. The quantitative estimate of drug-likeness (QED) is 0.825. The molecule has 4 bridgehead atoms. The van der Waals surface area contributed by atoms with E-state index in [4.69, 9.17) is 4.74 Å². The van der Waals surface area contributed by atoms with Gasteiger partial charge in [0.2, 0.25) is 0 Å². The van der Waals surface area contributed by atoms with Crippen molar-refractivity contribution >= 4 is 0 Å². The van der Waals surface area contributed by atoms with Gasteiger partial charge in [-0.15, -0.1) is 0 Å². The number of benzene rings is 1. The molecule has 4 fully saturated rings. The lowest BCUT2D eigenvalue weighted by Crippen LogP contribution is -2.58. The molecule has 0 unspecified atom stereocenters. The molecule has 1 aromatic rings. The molecule has 120 valence electrons. The number of methoxy groups -OCH3 is 1. The summed E-state index contributed by atoms with van der Waals surface area (Å²) in [7, 11) is 3.84. The minimum atomic E-state index is -0.114. The number of rotatable bonds is 4. The Morgan fingerprint density at radius 2 is 1.73 bits per heavy atom. The lowest BCUT2D eigenvalue weighted by molar-refractivity contribution is -0.0824. The van der Waals surface area contributed by atoms with E-state index < -0.39 is 0 Å². The van der Waals surface area contributed by atoms with Crippen LogP contribution in [-0.2, 0) is 6.54 Å². The van der Waals surface area contributed by atoms with Crippen LogP contribution in [0.5, 0.6) is 5.75 Å². The van der Waals surface area contributed by atoms with Crippen molar-refractivity contribution in [3.8, 4) is 5.75 Å². The summed E-state index contributed by atoms with van der Waals surface area (Å²) in [6.45, 7) is 0.690. The van der Waals surface area contributed by atoms with Crippen LogP contribution in [0.3, 0.4) is 0 Å². The highest BCUT2D eigenvalue weighted by Crippen LogP contribution is 2.57. The maximum Gasteiger partial charge on any atom is 0.127 e. The van der Waals surface area contributed by atoms with Gasteiger partial charge < -0.3 is 4.74 Å². The van der Waals surface area contributed by atoms with Gasteiger partial charge in [0, 0.05) is 17.6 Å². The lowest BCUT2D eigenvalue weighted by Gasteiger charge is -2.60. The molecule has 0 heterocycles. The Kier molecular flexibility index (Phi) is 3.44. The topological polar surface area (TPSA) is 12.5 Å². The fourth-order valence-corrected chi connectivity index (χ4v) is 5.75. The number of halogens is 1. The predicted octanol–water partition coefficient (Wildman–Crippen LogP) is 4.23. The number of ether oxygens (including phenoxy) is 1. The SMILES string of the molecule is COc1ccc(F)c(CN(C)C23CC4CC(CC(C4)C2)C3)c1. The van der Waals surface area contributed by atoms with E-state index in [0.29, 0.717) is 12.1 Å². The largest absolute Gasteiger partial charge is 0.497 e. The minimum absolute atomic E-state index is 0.114. The Morgan fingerprint density at radius 3 is 2.27 bits per heavy atom. The monoisotopic (exact) mass is 303 g/mol. The number of hydrogen-bond donors (Lipinski definition) is 0. The van der Waals surface area contributed by atoms with Crippen LogP contribution in [0, 0.1) is 23.6 Å². The van der Waals surface area contributed by atoms with Crippen molar-refractivity contribution < 1.29 is 9.13 Å². The highest BCUT2D eigenvalue weighted by atomic mass is 19.1. The molecule has 4 aliphatic rings. The Bertz CT molecular complexity index is 535. The molecule has 2 nitrogen and oxygen atoms in total. The molecule has 5 rings (SSSR count). The zero-order chi connectivity index (χ0) is 15.3. The predicted molar refractivity (Wildman–Crippen MR) is 85.3 cm³/mol. The van der Waals surface area contributed by atoms with Crippen molar-refractivity contribution in [2.45, 2.75) is 50.6 Å². The molecule has 4 saturated carbocycles. The lowest BCUT2D eigenvalue weighted by atomic mass is 9.52. The maximum absolute atomic E-state index is 14.2. The molecule has 1 aromatic carbocycles. The van der Waals surface area contributed by atoms with Crippen molar-refractivity contribution in [1.29, 1.82) is 0 Å². The molecular weight excluding hydrogens is 277 g/mol. The Hall–Kier alpha value is -1.09. The summed E-state index contributed by atoms with van der Waals surface area (Å²) in [4.78, 5) is 2.45. The molecule has 3 heteroatoms. The van der Waals surface area contributed by atoms with E-state index in [0.717, 1.165) is 29.1 Å². The summed E-state index contributed by atoms with van der Waals surface area (Å²) in [5.74, 6) is 3.39. The first-order valence-corrected chi connectivity index (χ1v) is 8.61. The van der Waals surface area contributed by atoms with Crippen LogP contribution in [0.1, 0.15) is 44.1 Å². The normalized spacial score (nSPS) is 36.1. The summed E-state index contributed by atoms with van der Waals surface area (Å²) in [5, 5.41) is 0. The second-order valence-electron chi connectivity index (χ2n) is 7.96.